The van der Waals surface area contributed by atoms with E-state index in [0.29, 0.717) is 11.7 Å². The molecule has 3 heterocycles. The average Bonchev–Trinajstić information content (AvgIpc) is 2.61. The first kappa shape index (κ1) is 15.8. The summed E-state index contributed by atoms with van der Waals surface area (Å²) in [4.78, 5) is 12.7. The number of hydrogen-bond acceptors (Lipinski definition) is 5. The standard InChI is InChI=1S/C18H21ClN4O/c19-17-9-18(21-12-20-17)23-8-6-15(16(24)11-23)22-7-5-13-3-1-2-4-14(13)10-22/h1-4,9,12,15-16,24H,5-8,10-11H2. The fourth-order valence-corrected chi connectivity index (χ4v) is 3.99. The molecule has 2 aliphatic rings. The first-order chi connectivity index (χ1) is 11.7. The largest absolute Gasteiger partial charge is 0.390 e. The second-order valence-corrected chi connectivity index (χ2v) is 6.94. The normalized spacial score (nSPS) is 24.7. The van der Waals surface area contributed by atoms with Crippen molar-refractivity contribution in [2.75, 3.05) is 24.5 Å². The summed E-state index contributed by atoms with van der Waals surface area (Å²) < 4.78 is 0. The Kier molecular flexibility index (Phi) is 4.39. The zero-order valence-corrected chi connectivity index (χ0v) is 14.2. The molecule has 24 heavy (non-hydrogen) atoms. The number of rotatable bonds is 2. The van der Waals surface area contributed by atoms with Gasteiger partial charge in [0.25, 0.3) is 0 Å². The number of benzene rings is 1. The molecule has 0 amide bonds. The Labute approximate surface area is 146 Å². The van der Waals surface area contributed by atoms with Gasteiger partial charge >= 0.3 is 0 Å². The van der Waals surface area contributed by atoms with E-state index in [9.17, 15) is 5.11 Å². The third-order valence-corrected chi connectivity index (χ3v) is 5.33. The third-order valence-electron chi connectivity index (χ3n) is 5.12. The highest BCUT2D eigenvalue weighted by Crippen LogP contribution is 2.27. The molecule has 5 nitrogen and oxygen atoms in total. The van der Waals surface area contributed by atoms with Gasteiger partial charge in [0.1, 0.15) is 17.3 Å². The zero-order valence-electron chi connectivity index (χ0n) is 13.5. The van der Waals surface area contributed by atoms with E-state index in [4.69, 9.17) is 11.6 Å². The second-order valence-electron chi connectivity index (χ2n) is 6.56. The van der Waals surface area contributed by atoms with Crippen molar-refractivity contribution in [3.05, 3.63) is 52.9 Å². The highest BCUT2D eigenvalue weighted by atomic mass is 35.5. The lowest BCUT2D eigenvalue weighted by atomic mass is 9.94. The van der Waals surface area contributed by atoms with E-state index >= 15 is 0 Å². The van der Waals surface area contributed by atoms with Crippen molar-refractivity contribution >= 4 is 17.4 Å². The van der Waals surface area contributed by atoms with Crippen molar-refractivity contribution in [3.8, 4) is 0 Å². The molecule has 0 radical (unpaired) electrons. The lowest BCUT2D eigenvalue weighted by Gasteiger charge is -2.43. The van der Waals surface area contributed by atoms with Crippen LogP contribution in [0, 0.1) is 0 Å². The second kappa shape index (κ2) is 6.67. The first-order valence-electron chi connectivity index (χ1n) is 8.42. The predicted octanol–water partition coefficient (Wildman–Crippen LogP) is 2.13. The summed E-state index contributed by atoms with van der Waals surface area (Å²) in [5.74, 6) is 0.788. The van der Waals surface area contributed by atoms with Gasteiger partial charge in [0.05, 0.1) is 6.10 Å². The number of β-amino-alcohol motifs (C(OH)–C–C–N with tert-alkyl or cyclic N) is 1. The topological polar surface area (TPSA) is 52.5 Å². The summed E-state index contributed by atoms with van der Waals surface area (Å²) in [6.07, 6.45) is 3.06. The van der Waals surface area contributed by atoms with Crippen LogP contribution < -0.4 is 4.90 Å². The Hall–Kier alpha value is -1.69. The van der Waals surface area contributed by atoms with E-state index in [2.05, 4.69) is 44.0 Å². The molecular weight excluding hydrogens is 324 g/mol. The number of hydrogen-bond donors (Lipinski definition) is 1. The van der Waals surface area contributed by atoms with Crippen LogP contribution in [0.2, 0.25) is 5.15 Å². The summed E-state index contributed by atoms with van der Waals surface area (Å²) in [6.45, 7) is 3.39. The van der Waals surface area contributed by atoms with Crippen LogP contribution in [0.25, 0.3) is 0 Å². The quantitative estimate of drug-likeness (QED) is 0.846. The van der Waals surface area contributed by atoms with Crippen molar-refractivity contribution in [2.45, 2.75) is 31.5 Å². The number of anilines is 1. The van der Waals surface area contributed by atoms with Gasteiger partial charge in [-0.15, -0.1) is 0 Å². The van der Waals surface area contributed by atoms with Gasteiger partial charge in [-0.05, 0) is 24.0 Å². The molecule has 0 saturated carbocycles. The molecule has 2 unspecified atom stereocenters. The molecule has 1 fully saturated rings. The molecule has 6 heteroatoms. The monoisotopic (exact) mass is 344 g/mol. The number of fused-ring (bicyclic) bond motifs is 1. The van der Waals surface area contributed by atoms with E-state index in [0.717, 1.165) is 38.3 Å². The van der Waals surface area contributed by atoms with Crippen molar-refractivity contribution in [3.63, 3.8) is 0 Å². The maximum atomic E-state index is 10.7. The number of nitrogens with zero attached hydrogens (tertiary/aromatic N) is 4. The highest BCUT2D eigenvalue weighted by molar-refractivity contribution is 6.29. The molecule has 1 N–H and O–H groups in total. The molecule has 0 bridgehead atoms. The molecule has 1 saturated heterocycles. The molecule has 2 aromatic rings. The van der Waals surface area contributed by atoms with Crippen molar-refractivity contribution < 1.29 is 5.11 Å². The van der Waals surface area contributed by atoms with Crippen LogP contribution in [0.15, 0.2) is 36.7 Å². The predicted molar refractivity (Wildman–Crippen MR) is 94.2 cm³/mol. The minimum Gasteiger partial charge on any atom is -0.390 e. The van der Waals surface area contributed by atoms with Gasteiger partial charge in [0.2, 0.25) is 0 Å². The van der Waals surface area contributed by atoms with E-state index in [1.54, 1.807) is 6.07 Å². The smallest absolute Gasteiger partial charge is 0.134 e. The summed E-state index contributed by atoms with van der Waals surface area (Å²) in [7, 11) is 0. The number of aromatic nitrogens is 2. The van der Waals surface area contributed by atoms with Gasteiger partial charge in [-0.1, -0.05) is 35.9 Å². The minimum atomic E-state index is -0.391. The Bertz CT molecular complexity index is 726. The van der Waals surface area contributed by atoms with Crippen LogP contribution in [0.5, 0.6) is 0 Å². The van der Waals surface area contributed by atoms with Crippen LogP contribution in [-0.4, -0.2) is 51.8 Å². The first-order valence-corrected chi connectivity index (χ1v) is 8.80. The lowest BCUT2D eigenvalue weighted by molar-refractivity contribution is 0.0293. The van der Waals surface area contributed by atoms with Gasteiger partial charge in [0.15, 0.2) is 0 Å². The molecule has 4 rings (SSSR count). The number of halogens is 1. The number of aliphatic hydroxyl groups is 1. The molecule has 126 valence electrons. The Morgan fingerprint density at radius 2 is 1.96 bits per heavy atom. The van der Waals surface area contributed by atoms with Gasteiger partial charge in [-0.3, -0.25) is 4.90 Å². The molecule has 2 atom stereocenters. The van der Waals surface area contributed by atoms with Crippen LogP contribution in [-0.2, 0) is 13.0 Å². The van der Waals surface area contributed by atoms with E-state index in [1.165, 1.54) is 17.5 Å². The molecule has 0 aliphatic carbocycles. The van der Waals surface area contributed by atoms with Crippen LogP contribution in [0.1, 0.15) is 17.5 Å². The third kappa shape index (κ3) is 3.11. The fraction of sp³-hybridized carbons (Fsp3) is 0.444. The summed E-state index contributed by atoms with van der Waals surface area (Å²) in [6, 6.07) is 10.6. The molecule has 0 spiro atoms. The van der Waals surface area contributed by atoms with Gasteiger partial charge in [-0.25, -0.2) is 9.97 Å². The fourth-order valence-electron chi connectivity index (χ4n) is 3.85. The van der Waals surface area contributed by atoms with Crippen molar-refractivity contribution in [1.82, 2.24) is 14.9 Å². The van der Waals surface area contributed by atoms with Crippen LogP contribution >= 0.6 is 11.6 Å². The molecule has 1 aromatic heterocycles. The zero-order chi connectivity index (χ0) is 16.5. The molecular formula is C18H21ClN4O. The van der Waals surface area contributed by atoms with Gasteiger partial charge in [0, 0.05) is 38.3 Å². The maximum Gasteiger partial charge on any atom is 0.134 e. The average molecular weight is 345 g/mol. The van der Waals surface area contributed by atoms with E-state index in [-0.39, 0.29) is 6.04 Å². The maximum absolute atomic E-state index is 10.7. The Morgan fingerprint density at radius 3 is 2.75 bits per heavy atom. The number of piperidine rings is 1. The molecule has 1 aromatic carbocycles. The van der Waals surface area contributed by atoms with Gasteiger partial charge < -0.3 is 10.0 Å². The van der Waals surface area contributed by atoms with Crippen LogP contribution in [0.4, 0.5) is 5.82 Å². The van der Waals surface area contributed by atoms with E-state index in [1.807, 2.05) is 0 Å². The SMILES string of the molecule is OC1CN(c2cc(Cl)ncn2)CCC1N1CCc2ccccc2C1. The lowest BCUT2D eigenvalue weighted by Crippen LogP contribution is -2.55. The number of aliphatic hydroxyl groups excluding tert-OH is 1. The highest BCUT2D eigenvalue weighted by Gasteiger charge is 2.34. The Morgan fingerprint density at radius 1 is 1.12 bits per heavy atom. The summed E-state index contributed by atoms with van der Waals surface area (Å²) >= 11 is 5.95. The van der Waals surface area contributed by atoms with E-state index < -0.39 is 6.10 Å². The summed E-state index contributed by atoms with van der Waals surface area (Å²) in [5.41, 5.74) is 2.83. The minimum absolute atomic E-state index is 0.201. The summed E-state index contributed by atoms with van der Waals surface area (Å²) in [5, 5.41) is 11.1. The molecule has 2 aliphatic heterocycles. The van der Waals surface area contributed by atoms with Crippen molar-refractivity contribution in [2.24, 2.45) is 0 Å². The Balaban J connectivity index is 1.44. The van der Waals surface area contributed by atoms with Crippen LogP contribution in [0.3, 0.4) is 0 Å². The van der Waals surface area contributed by atoms with Gasteiger partial charge in [-0.2, -0.15) is 0 Å². The van der Waals surface area contributed by atoms with Crippen molar-refractivity contribution in [1.29, 1.82) is 0 Å².